The van der Waals surface area contributed by atoms with Crippen LogP contribution in [0.15, 0.2) is 133 Å². The lowest BCUT2D eigenvalue weighted by Crippen LogP contribution is -2.04. The number of hydrogen-bond donors (Lipinski definition) is 1. The van der Waals surface area contributed by atoms with Crippen LogP contribution in [0.5, 0.6) is 23.5 Å². The van der Waals surface area contributed by atoms with Crippen molar-refractivity contribution in [3.8, 4) is 45.8 Å². The number of carboxylic acid groups (broad SMARTS) is 1. The highest BCUT2D eigenvalue weighted by Crippen LogP contribution is 2.37. The summed E-state index contributed by atoms with van der Waals surface area (Å²) in [5.41, 5.74) is 4.35. The summed E-state index contributed by atoms with van der Waals surface area (Å²) >= 11 is 0. The van der Waals surface area contributed by atoms with E-state index < -0.39 is 35.4 Å². The van der Waals surface area contributed by atoms with E-state index in [1.165, 1.54) is 30.3 Å². The smallest absolute Gasteiger partial charge is 0.416 e. The first-order valence-electron chi connectivity index (χ1n) is 18.7. The average molecular weight is 853 g/mol. The fraction of sp³-hybridized carbons (Fsp3) is 0.130. The third kappa shape index (κ3) is 9.08. The molecule has 1 N–H and O–H groups in total. The van der Waals surface area contributed by atoms with Crippen LogP contribution in [0.2, 0.25) is 0 Å². The first-order valence-corrected chi connectivity index (χ1v) is 18.7. The Balaban J connectivity index is 0.000000187. The van der Waals surface area contributed by atoms with Crippen LogP contribution in [-0.4, -0.2) is 42.8 Å². The molecule has 0 fully saturated rings. The van der Waals surface area contributed by atoms with Gasteiger partial charge in [-0.2, -0.15) is 36.3 Å². The monoisotopic (exact) mass is 852 g/mol. The van der Waals surface area contributed by atoms with E-state index in [-0.39, 0.29) is 35.7 Å². The van der Waals surface area contributed by atoms with Gasteiger partial charge in [0.25, 0.3) is 0 Å². The molecule has 8 rings (SSSR count). The maximum Gasteiger partial charge on any atom is 0.416 e. The minimum Gasteiger partial charge on any atom is -0.478 e. The summed E-state index contributed by atoms with van der Waals surface area (Å²) in [4.78, 5) is 32.4. The maximum absolute atomic E-state index is 13.0. The van der Waals surface area contributed by atoms with Gasteiger partial charge in [0.15, 0.2) is 0 Å². The van der Waals surface area contributed by atoms with Gasteiger partial charge in [-0.25, -0.2) is 9.59 Å². The molecule has 0 aliphatic heterocycles. The number of aromatic nitrogens is 4. The molecule has 2 aromatic heterocycles. The van der Waals surface area contributed by atoms with E-state index in [0.717, 1.165) is 40.9 Å². The van der Waals surface area contributed by atoms with E-state index in [1.54, 1.807) is 84.8 Å². The number of rotatable bonds is 9. The summed E-state index contributed by atoms with van der Waals surface area (Å²) in [6.07, 6.45) is -8.95. The molecule has 0 aliphatic rings. The Labute approximate surface area is 349 Å². The van der Waals surface area contributed by atoms with Gasteiger partial charge in [-0.3, -0.25) is 9.13 Å². The number of esters is 1. The Bertz CT molecular complexity index is 2960. The molecule has 0 aliphatic carbocycles. The molecule has 0 saturated carbocycles. The normalized spacial score (nSPS) is 11.6. The van der Waals surface area contributed by atoms with Crippen LogP contribution in [0.3, 0.4) is 0 Å². The van der Waals surface area contributed by atoms with Gasteiger partial charge in [0, 0.05) is 25.2 Å². The summed E-state index contributed by atoms with van der Waals surface area (Å²) in [6.45, 7) is 2.01. The fourth-order valence-electron chi connectivity index (χ4n) is 6.57. The average Bonchev–Trinajstić information content (AvgIpc) is 3.74. The van der Waals surface area contributed by atoms with Crippen LogP contribution in [0.25, 0.3) is 44.3 Å². The number of hydrogen-bond acceptors (Lipinski definition) is 7. The Morgan fingerprint density at radius 1 is 0.581 bits per heavy atom. The quantitative estimate of drug-likeness (QED) is 0.113. The number of para-hydroxylation sites is 2. The molecule has 6 aromatic carbocycles. The predicted octanol–water partition coefficient (Wildman–Crippen LogP) is 12.0. The number of carbonyl (C=O) groups excluding carboxylic acids is 1. The number of alkyl halides is 6. The van der Waals surface area contributed by atoms with Crippen molar-refractivity contribution in [2.45, 2.75) is 19.3 Å². The number of benzene rings is 6. The van der Waals surface area contributed by atoms with Crippen molar-refractivity contribution in [1.29, 1.82) is 0 Å². The number of aromatic carboxylic acids is 1. The first-order chi connectivity index (χ1) is 29.5. The number of imidazole rings is 2. The molecule has 2 heterocycles. The second-order valence-electron chi connectivity index (χ2n) is 13.7. The van der Waals surface area contributed by atoms with E-state index in [9.17, 15) is 41.0 Å². The van der Waals surface area contributed by atoms with E-state index in [1.807, 2.05) is 24.3 Å². The number of carboxylic acids is 1. The number of carbonyl (C=O) groups is 2. The number of halogens is 6. The second kappa shape index (κ2) is 17.2. The molecule has 0 amide bonds. The molecular weight excluding hydrogens is 819 g/mol. The van der Waals surface area contributed by atoms with E-state index in [4.69, 9.17) is 14.2 Å². The molecule has 62 heavy (non-hydrogen) atoms. The predicted molar refractivity (Wildman–Crippen MR) is 218 cm³/mol. The van der Waals surface area contributed by atoms with Crippen molar-refractivity contribution in [3.05, 3.63) is 156 Å². The SMILES string of the molecule is CCOC(=O)c1cccc(-c2cccc3c2nc(Oc2cccc(C(F)(F)F)c2)n3C)c1.Cn1c(Oc2cccc(C(F)(F)F)c2)nc2c(-c3cccc(C(=O)O)c3)cccc21. The van der Waals surface area contributed by atoms with Crippen LogP contribution < -0.4 is 9.47 Å². The highest BCUT2D eigenvalue weighted by molar-refractivity contribution is 5.97. The summed E-state index contributed by atoms with van der Waals surface area (Å²) in [7, 11) is 3.41. The molecule has 0 bridgehead atoms. The standard InChI is InChI=1S/C24H19F3N2O3.C22H15F3N2O3/c1-3-31-22(30)16-8-4-7-15(13-16)19-11-6-12-20-21(19)28-23(29(20)2)32-18-10-5-9-17(14-18)24(25,26)27;1-27-18-10-4-9-17(13-5-2-6-14(11-13)20(28)29)19(18)26-21(27)30-16-8-3-7-15(12-16)22(23,24)25/h4-14H,3H2,1-2H3;2-12H,1H3,(H,28,29). The van der Waals surface area contributed by atoms with Gasteiger partial charge < -0.3 is 19.3 Å². The van der Waals surface area contributed by atoms with Gasteiger partial charge in [0.2, 0.25) is 0 Å². The highest BCUT2D eigenvalue weighted by atomic mass is 19.4. The lowest BCUT2D eigenvalue weighted by molar-refractivity contribution is -0.138. The Kier molecular flexibility index (Phi) is 11.8. The molecule has 0 spiro atoms. The molecule has 0 unspecified atom stereocenters. The molecule has 0 radical (unpaired) electrons. The van der Waals surface area contributed by atoms with E-state index >= 15 is 0 Å². The molecule has 8 aromatic rings. The second-order valence-corrected chi connectivity index (χ2v) is 13.7. The van der Waals surface area contributed by atoms with Crippen LogP contribution in [0.1, 0.15) is 38.8 Å². The number of nitrogens with zero attached hydrogens (tertiary/aromatic N) is 4. The molecular formula is C46H34F6N4O6. The van der Waals surface area contributed by atoms with Crippen molar-refractivity contribution in [1.82, 2.24) is 19.1 Å². The topological polar surface area (TPSA) is 118 Å². The van der Waals surface area contributed by atoms with Gasteiger partial charge in [0.1, 0.15) is 22.5 Å². The minimum atomic E-state index is -4.48. The Morgan fingerprint density at radius 2 is 1.00 bits per heavy atom. The third-order valence-electron chi connectivity index (χ3n) is 9.59. The van der Waals surface area contributed by atoms with Crippen LogP contribution in [-0.2, 0) is 31.2 Å². The maximum atomic E-state index is 13.0. The molecule has 0 atom stereocenters. The summed E-state index contributed by atoms with van der Waals surface area (Å²) in [5.74, 6) is -1.42. The number of ether oxygens (including phenoxy) is 3. The lowest BCUT2D eigenvalue weighted by Gasteiger charge is -2.09. The summed E-state index contributed by atoms with van der Waals surface area (Å²) in [6, 6.07) is 33.8. The lowest BCUT2D eigenvalue weighted by atomic mass is 10.0. The van der Waals surface area contributed by atoms with Gasteiger partial charge in [-0.15, -0.1) is 0 Å². The van der Waals surface area contributed by atoms with Crippen LogP contribution in [0.4, 0.5) is 26.3 Å². The van der Waals surface area contributed by atoms with Crippen molar-refractivity contribution in [3.63, 3.8) is 0 Å². The number of aryl methyl sites for hydroxylation is 2. The van der Waals surface area contributed by atoms with Crippen molar-refractivity contribution < 1.29 is 55.2 Å². The zero-order valence-corrected chi connectivity index (χ0v) is 33.0. The van der Waals surface area contributed by atoms with Crippen LogP contribution in [0, 0.1) is 0 Å². The van der Waals surface area contributed by atoms with Crippen molar-refractivity contribution in [2.24, 2.45) is 14.1 Å². The molecule has 16 heteroatoms. The molecule has 316 valence electrons. The van der Waals surface area contributed by atoms with Crippen LogP contribution >= 0.6 is 0 Å². The minimum absolute atomic E-state index is 0.0117. The van der Waals surface area contributed by atoms with Crippen molar-refractivity contribution >= 4 is 34.0 Å². The molecule has 0 saturated heterocycles. The van der Waals surface area contributed by atoms with Gasteiger partial charge in [-0.1, -0.05) is 60.7 Å². The van der Waals surface area contributed by atoms with Gasteiger partial charge >= 0.3 is 36.3 Å². The zero-order valence-electron chi connectivity index (χ0n) is 33.0. The first kappa shape index (κ1) is 42.5. The molecule has 10 nitrogen and oxygen atoms in total. The zero-order chi connectivity index (χ0) is 44.3. The van der Waals surface area contributed by atoms with Gasteiger partial charge in [-0.05, 0) is 90.8 Å². The van der Waals surface area contributed by atoms with Crippen molar-refractivity contribution in [2.75, 3.05) is 6.61 Å². The fourth-order valence-corrected chi connectivity index (χ4v) is 6.57. The largest absolute Gasteiger partial charge is 0.478 e. The van der Waals surface area contributed by atoms with Gasteiger partial charge in [0.05, 0.1) is 39.9 Å². The summed E-state index contributed by atoms with van der Waals surface area (Å²) in [5, 5.41) is 9.24. The van der Waals surface area contributed by atoms with E-state index in [0.29, 0.717) is 33.2 Å². The third-order valence-corrected chi connectivity index (χ3v) is 9.59. The van der Waals surface area contributed by atoms with E-state index in [2.05, 4.69) is 9.97 Å². The summed E-state index contributed by atoms with van der Waals surface area (Å²) < 4.78 is 97.7. The Morgan fingerprint density at radius 3 is 1.44 bits per heavy atom. The highest BCUT2D eigenvalue weighted by Gasteiger charge is 2.32. The Hall–Kier alpha value is -7.62. The number of fused-ring (bicyclic) bond motifs is 2.